The zero-order chi connectivity index (χ0) is 17.9. The second kappa shape index (κ2) is 6.50. The molecule has 8 heteroatoms. The van der Waals surface area contributed by atoms with Crippen molar-refractivity contribution in [2.24, 2.45) is 0 Å². The maximum Gasteiger partial charge on any atom is 0.417 e. The molecule has 0 N–H and O–H groups in total. The summed E-state index contributed by atoms with van der Waals surface area (Å²) >= 11 is 0. The van der Waals surface area contributed by atoms with E-state index in [1.54, 1.807) is 13.0 Å². The van der Waals surface area contributed by atoms with Gasteiger partial charge in [-0.2, -0.15) is 18.4 Å². The van der Waals surface area contributed by atoms with Crippen molar-refractivity contribution in [2.75, 3.05) is 0 Å². The summed E-state index contributed by atoms with van der Waals surface area (Å²) < 4.78 is 37.6. The molecule has 0 amide bonds. The van der Waals surface area contributed by atoms with Crippen LogP contribution in [-0.2, 0) is 6.18 Å². The molecule has 0 unspecified atom stereocenters. The van der Waals surface area contributed by atoms with Gasteiger partial charge in [-0.1, -0.05) is 12.1 Å². The summed E-state index contributed by atoms with van der Waals surface area (Å²) in [5, 5.41) is 20.1. The van der Waals surface area contributed by atoms with Crippen molar-refractivity contribution in [3.05, 3.63) is 69.0 Å². The van der Waals surface area contributed by atoms with Crippen LogP contribution in [0.5, 0.6) is 0 Å². The maximum atomic E-state index is 12.5. The second-order valence-electron chi connectivity index (χ2n) is 4.90. The van der Waals surface area contributed by atoms with Gasteiger partial charge in [0.05, 0.1) is 21.8 Å². The third kappa shape index (κ3) is 3.76. The number of alkyl halides is 3. The Bertz CT molecular complexity index is 850. The number of hydrogen-bond donors (Lipinski definition) is 0. The van der Waals surface area contributed by atoms with E-state index in [0.717, 1.165) is 12.1 Å². The zero-order valence-corrected chi connectivity index (χ0v) is 12.3. The summed E-state index contributed by atoms with van der Waals surface area (Å²) in [5.41, 5.74) is -0.139. The predicted molar refractivity (Wildman–Crippen MR) is 80.6 cm³/mol. The van der Waals surface area contributed by atoms with Gasteiger partial charge in [-0.25, -0.2) is 0 Å². The summed E-state index contributed by atoms with van der Waals surface area (Å²) in [4.78, 5) is 14.0. The van der Waals surface area contributed by atoms with Crippen LogP contribution < -0.4 is 0 Å². The molecule has 2 aromatic rings. The molecule has 0 aliphatic rings. The van der Waals surface area contributed by atoms with Crippen LogP contribution >= 0.6 is 0 Å². The van der Waals surface area contributed by atoms with Crippen LogP contribution in [0.15, 0.2) is 36.5 Å². The van der Waals surface area contributed by atoms with Crippen LogP contribution in [0.1, 0.15) is 22.4 Å². The monoisotopic (exact) mass is 333 g/mol. The highest BCUT2D eigenvalue weighted by Gasteiger charge is 2.30. The Kier molecular flexibility index (Phi) is 4.64. The van der Waals surface area contributed by atoms with Crippen LogP contribution in [-0.4, -0.2) is 9.91 Å². The number of allylic oxidation sites excluding steroid dienone is 1. The Morgan fingerprint density at radius 2 is 2.04 bits per heavy atom. The van der Waals surface area contributed by atoms with Crippen molar-refractivity contribution in [2.45, 2.75) is 13.1 Å². The minimum atomic E-state index is -4.51. The van der Waals surface area contributed by atoms with Gasteiger partial charge in [0.25, 0.3) is 5.69 Å². The van der Waals surface area contributed by atoms with E-state index >= 15 is 0 Å². The molecule has 0 saturated carbocycles. The van der Waals surface area contributed by atoms with Crippen LogP contribution in [0.3, 0.4) is 0 Å². The van der Waals surface area contributed by atoms with Crippen molar-refractivity contribution >= 4 is 17.3 Å². The highest BCUT2D eigenvalue weighted by molar-refractivity contribution is 5.88. The Morgan fingerprint density at radius 3 is 2.54 bits per heavy atom. The molecule has 122 valence electrons. The normalized spacial score (nSPS) is 11.9. The average Bonchev–Trinajstić information content (AvgIpc) is 2.53. The molecule has 0 atom stereocenters. The number of nitro benzene ring substituents is 1. The van der Waals surface area contributed by atoms with Gasteiger partial charge < -0.3 is 0 Å². The molecule has 0 aliphatic heterocycles. The Labute approximate surface area is 134 Å². The summed E-state index contributed by atoms with van der Waals surface area (Å²) in [5.74, 6) is 0. The molecule has 0 aliphatic carbocycles. The number of hydrogen-bond acceptors (Lipinski definition) is 4. The number of rotatable bonds is 3. The minimum absolute atomic E-state index is 0.00174. The van der Waals surface area contributed by atoms with E-state index in [-0.39, 0.29) is 17.0 Å². The highest BCUT2D eigenvalue weighted by Crippen LogP contribution is 2.29. The first-order chi connectivity index (χ1) is 11.2. The molecule has 0 fully saturated rings. The second-order valence-corrected chi connectivity index (χ2v) is 4.90. The molecular weight excluding hydrogens is 323 g/mol. The van der Waals surface area contributed by atoms with Crippen LogP contribution in [0, 0.1) is 28.4 Å². The lowest BCUT2D eigenvalue weighted by atomic mass is 10.1. The van der Waals surface area contributed by atoms with Gasteiger partial charge in [-0.05, 0) is 30.7 Å². The molecule has 0 radical (unpaired) electrons. The van der Waals surface area contributed by atoms with Gasteiger partial charge in [0, 0.05) is 17.8 Å². The van der Waals surface area contributed by atoms with E-state index in [4.69, 9.17) is 0 Å². The molecule has 2 rings (SSSR count). The lowest BCUT2D eigenvalue weighted by molar-refractivity contribution is -0.385. The van der Waals surface area contributed by atoms with Gasteiger partial charge in [0.1, 0.15) is 6.07 Å². The molecule has 24 heavy (non-hydrogen) atoms. The first kappa shape index (κ1) is 17.1. The molecule has 5 nitrogen and oxygen atoms in total. The topological polar surface area (TPSA) is 79.8 Å². The lowest BCUT2D eigenvalue weighted by Crippen LogP contribution is -2.05. The molecule has 0 bridgehead atoms. The molecular formula is C16H10F3N3O2. The van der Waals surface area contributed by atoms with E-state index in [0.29, 0.717) is 17.3 Å². The van der Waals surface area contributed by atoms with E-state index in [9.17, 15) is 28.5 Å². The number of aromatic nitrogens is 1. The van der Waals surface area contributed by atoms with E-state index in [1.165, 1.54) is 18.2 Å². The van der Waals surface area contributed by atoms with Crippen LogP contribution in [0.25, 0.3) is 11.6 Å². The Morgan fingerprint density at radius 1 is 1.33 bits per heavy atom. The molecule has 0 spiro atoms. The minimum Gasteiger partial charge on any atom is -0.258 e. The molecule has 0 saturated heterocycles. The first-order valence-corrected chi connectivity index (χ1v) is 6.63. The van der Waals surface area contributed by atoms with E-state index in [1.807, 2.05) is 6.07 Å². The third-order valence-electron chi connectivity index (χ3n) is 3.23. The first-order valence-electron chi connectivity index (χ1n) is 6.63. The van der Waals surface area contributed by atoms with Crippen molar-refractivity contribution in [3.8, 4) is 6.07 Å². The van der Waals surface area contributed by atoms with Gasteiger partial charge in [-0.3, -0.25) is 15.1 Å². The Hall–Kier alpha value is -3.21. The quantitative estimate of drug-likeness (QED) is 0.474. The number of halogens is 3. The smallest absolute Gasteiger partial charge is 0.258 e. The number of nitriles is 1. The maximum absolute atomic E-state index is 12.5. The summed E-state index contributed by atoms with van der Waals surface area (Å²) in [6, 6.07) is 8.13. The third-order valence-corrected chi connectivity index (χ3v) is 3.23. The SMILES string of the molecule is Cc1ccc(/C=C(\C#N)c2ccc(C(F)(F)F)cn2)cc1[N+](=O)[O-]. The van der Waals surface area contributed by atoms with Crippen molar-refractivity contribution in [3.63, 3.8) is 0 Å². The summed E-state index contributed by atoms with van der Waals surface area (Å²) in [6.07, 6.45) is -2.54. The number of aryl methyl sites for hydroxylation is 1. The summed E-state index contributed by atoms with van der Waals surface area (Å²) in [6.45, 7) is 1.58. The number of pyridine rings is 1. The van der Waals surface area contributed by atoms with Gasteiger partial charge in [0.15, 0.2) is 0 Å². The molecule has 1 aromatic carbocycles. The lowest BCUT2D eigenvalue weighted by Gasteiger charge is -2.06. The number of nitrogens with zero attached hydrogens (tertiary/aromatic N) is 3. The van der Waals surface area contributed by atoms with Gasteiger partial charge in [-0.15, -0.1) is 0 Å². The fourth-order valence-electron chi connectivity index (χ4n) is 1.96. The van der Waals surface area contributed by atoms with E-state index in [2.05, 4.69) is 4.98 Å². The Balaban J connectivity index is 2.42. The number of benzene rings is 1. The standard InChI is InChI=1S/C16H10F3N3O2/c1-10-2-3-11(7-15(10)22(23)24)6-12(8-20)14-5-4-13(9-21-14)16(17,18)19/h2-7,9H,1H3/b12-6+. The molecule has 1 aromatic heterocycles. The molecule has 1 heterocycles. The largest absolute Gasteiger partial charge is 0.417 e. The zero-order valence-electron chi connectivity index (χ0n) is 12.3. The van der Waals surface area contributed by atoms with Crippen molar-refractivity contribution in [1.29, 1.82) is 5.26 Å². The summed E-state index contributed by atoms with van der Waals surface area (Å²) in [7, 11) is 0. The highest BCUT2D eigenvalue weighted by atomic mass is 19.4. The predicted octanol–water partition coefficient (Wildman–Crippen LogP) is 4.38. The fourth-order valence-corrected chi connectivity index (χ4v) is 1.96. The van der Waals surface area contributed by atoms with Crippen molar-refractivity contribution in [1.82, 2.24) is 4.98 Å². The van der Waals surface area contributed by atoms with Crippen LogP contribution in [0.4, 0.5) is 18.9 Å². The van der Waals surface area contributed by atoms with Gasteiger partial charge in [0.2, 0.25) is 0 Å². The van der Waals surface area contributed by atoms with Gasteiger partial charge >= 0.3 is 6.18 Å². The van der Waals surface area contributed by atoms with E-state index < -0.39 is 16.7 Å². The fraction of sp³-hybridized carbons (Fsp3) is 0.125. The average molecular weight is 333 g/mol. The van der Waals surface area contributed by atoms with Crippen LogP contribution in [0.2, 0.25) is 0 Å². The van der Waals surface area contributed by atoms with Crippen molar-refractivity contribution < 1.29 is 18.1 Å². The number of nitro groups is 1.